The Balaban J connectivity index is 1.99. The van der Waals surface area contributed by atoms with Crippen LogP contribution in [0.5, 0.6) is 0 Å². The molecule has 0 saturated carbocycles. The van der Waals surface area contributed by atoms with Crippen molar-refractivity contribution in [3.05, 3.63) is 156 Å². The molecule has 3 aromatic rings. The first-order valence-electron chi connectivity index (χ1n) is 12.9. The van der Waals surface area contributed by atoms with E-state index in [2.05, 4.69) is 122 Å². The van der Waals surface area contributed by atoms with E-state index in [1.807, 2.05) is 31.2 Å². The van der Waals surface area contributed by atoms with Crippen molar-refractivity contribution in [2.24, 2.45) is 0 Å². The molecule has 0 aliphatic rings. The van der Waals surface area contributed by atoms with E-state index < -0.39 is 0 Å². The van der Waals surface area contributed by atoms with Crippen LogP contribution in [0.4, 0.5) is 11.4 Å². The van der Waals surface area contributed by atoms with Gasteiger partial charge < -0.3 is 4.90 Å². The number of hydrogen-bond acceptors (Lipinski definition) is 1. The molecule has 1 nitrogen and oxygen atoms in total. The van der Waals surface area contributed by atoms with Gasteiger partial charge in [-0.25, -0.2) is 0 Å². The van der Waals surface area contributed by atoms with Crippen molar-refractivity contribution in [1.29, 1.82) is 0 Å². The Morgan fingerprint density at radius 3 is 2.11 bits per heavy atom. The number of rotatable bonds is 11. The summed E-state index contributed by atoms with van der Waals surface area (Å²) in [6, 6.07) is 28.3. The Bertz CT molecular complexity index is 1290. The fraction of sp³-hybridized carbons (Fsp3) is 0.167. The van der Waals surface area contributed by atoms with Gasteiger partial charge in [0.15, 0.2) is 0 Å². The molecule has 1 atom stereocenters. The first-order valence-corrected chi connectivity index (χ1v) is 12.9. The number of anilines is 2. The summed E-state index contributed by atoms with van der Waals surface area (Å²) in [6.07, 6.45) is 21.4. The van der Waals surface area contributed by atoms with Crippen molar-refractivity contribution in [3.8, 4) is 12.3 Å². The number of para-hydroxylation sites is 1. The molecule has 0 saturated heterocycles. The Morgan fingerprint density at radius 1 is 0.919 bits per heavy atom. The van der Waals surface area contributed by atoms with E-state index in [1.54, 1.807) is 6.08 Å². The SMILES string of the molecule is C#C/C=C(/C=C\C)\C=C/CC(c1ccc(C)cc1)c1ccc(N(/C(=C/C=C)CC)c2ccccc2)cc1. The van der Waals surface area contributed by atoms with Gasteiger partial charge >= 0.3 is 0 Å². The number of hydrogen-bond donors (Lipinski definition) is 0. The molecule has 3 rings (SSSR count). The van der Waals surface area contributed by atoms with E-state index in [0.717, 1.165) is 29.8 Å². The third kappa shape index (κ3) is 7.60. The Morgan fingerprint density at radius 2 is 1.54 bits per heavy atom. The smallest absolute Gasteiger partial charge is 0.0458 e. The molecule has 0 N–H and O–H groups in total. The zero-order valence-corrected chi connectivity index (χ0v) is 22.3. The lowest BCUT2D eigenvalue weighted by Gasteiger charge is -2.28. The summed E-state index contributed by atoms with van der Waals surface area (Å²) in [6.45, 7) is 10.2. The van der Waals surface area contributed by atoms with Crippen LogP contribution in [0.15, 0.2) is 139 Å². The van der Waals surface area contributed by atoms with Gasteiger partial charge in [-0.1, -0.05) is 110 Å². The number of benzene rings is 3. The zero-order valence-electron chi connectivity index (χ0n) is 22.3. The lowest BCUT2D eigenvalue weighted by molar-refractivity contribution is 0.828. The van der Waals surface area contributed by atoms with Crippen molar-refractivity contribution in [2.75, 3.05) is 4.90 Å². The fourth-order valence-corrected chi connectivity index (χ4v) is 4.44. The molecule has 0 fully saturated rings. The van der Waals surface area contributed by atoms with E-state index in [1.165, 1.54) is 22.4 Å². The van der Waals surface area contributed by atoms with E-state index in [9.17, 15) is 0 Å². The van der Waals surface area contributed by atoms with Crippen LogP contribution in [-0.4, -0.2) is 0 Å². The van der Waals surface area contributed by atoms with Gasteiger partial charge in [-0.15, -0.1) is 6.42 Å². The normalized spacial score (nSPS) is 13.0. The highest BCUT2D eigenvalue weighted by molar-refractivity contribution is 5.69. The first kappa shape index (κ1) is 27.3. The standard InChI is InChI=1S/C36H37N/c1-6-14-30(15-7-2)17-13-20-36(31-23-21-29(5)22-24-31)32-25-27-35(28-26-32)37(33(9-4)16-8-3)34-18-11-10-12-19-34/h1,7-8,10-19,21-28,36H,3,9,20H2,2,4-5H3/b15-7-,17-13-,30-14-,33-16+. The van der Waals surface area contributed by atoms with Crippen LogP contribution in [0.3, 0.4) is 0 Å². The van der Waals surface area contributed by atoms with Crippen molar-refractivity contribution in [3.63, 3.8) is 0 Å². The maximum absolute atomic E-state index is 5.51. The Labute approximate surface area is 223 Å². The second-order valence-corrected chi connectivity index (χ2v) is 8.92. The second-order valence-electron chi connectivity index (χ2n) is 8.92. The van der Waals surface area contributed by atoms with Crippen LogP contribution in [0.25, 0.3) is 0 Å². The minimum atomic E-state index is 0.239. The summed E-state index contributed by atoms with van der Waals surface area (Å²) < 4.78 is 0. The summed E-state index contributed by atoms with van der Waals surface area (Å²) in [5.41, 5.74) is 8.35. The summed E-state index contributed by atoms with van der Waals surface area (Å²) in [7, 11) is 0. The van der Waals surface area contributed by atoms with Gasteiger partial charge in [0.05, 0.1) is 0 Å². The van der Waals surface area contributed by atoms with Gasteiger partial charge in [0.2, 0.25) is 0 Å². The minimum absolute atomic E-state index is 0.239. The molecular formula is C36H37N. The lowest BCUT2D eigenvalue weighted by Crippen LogP contribution is -2.16. The van der Waals surface area contributed by atoms with Crippen molar-refractivity contribution >= 4 is 11.4 Å². The van der Waals surface area contributed by atoms with Gasteiger partial charge in [-0.3, -0.25) is 0 Å². The molecule has 0 aliphatic carbocycles. The van der Waals surface area contributed by atoms with Crippen LogP contribution < -0.4 is 4.90 Å². The summed E-state index contributed by atoms with van der Waals surface area (Å²) >= 11 is 0. The Hall–Kier alpha value is -4.28. The number of allylic oxidation sites excluding steroid dienone is 9. The van der Waals surface area contributed by atoms with Gasteiger partial charge in [-0.2, -0.15) is 0 Å². The molecule has 0 heterocycles. The largest absolute Gasteiger partial charge is 0.314 e. The summed E-state index contributed by atoms with van der Waals surface area (Å²) in [4.78, 5) is 2.31. The van der Waals surface area contributed by atoms with Crippen LogP contribution in [0.2, 0.25) is 0 Å². The third-order valence-corrected chi connectivity index (χ3v) is 6.30. The summed E-state index contributed by atoms with van der Waals surface area (Å²) in [5.74, 6) is 2.87. The lowest BCUT2D eigenvalue weighted by atomic mass is 9.87. The van der Waals surface area contributed by atoms with Gasteiger partial charge in [0, 0.05) is 23.0 Å². The molecule has 0 spiro atoms. The molecule has 0 radical (unpaired) electrons. The van der Waals surface area contributed by atoms with Crippen LogP contribution in [-0.2, 0) is 0 Å². The molecule has 37 heavy (non-hydrogen) atoms. The zero-order chi connectivity index (χ0) is 26.5. The highest BCUT2D eigenvalue weighted by atomic mass is 15.1. The van der Waals surface area contributed by atoms with Gasteiger partial charge in [0.25, 0.3) is 0 Å². The maximum Gasteiger partial charge on any atom is 0.0458 e. The highest BCUT2D eigenvalue weighted by Gasteiger charge is 2.16. The maximum atomic E-state index is 5.51. The average molecular weight is 484 g/mol. The Kier molecular flexibility index (Phi) is 10.6. The van der Waals surface area contributed by atoms with E-state index >= 15 is 0 Å². The summed E-state index contributed by atoms with van der Waals surface area (Å²) in [5, 5.41) is 0. The topological polar surface area (TPSA) is 3.24 Å². The van der Waals surface area contributed by atoms with E-state index in [4.69, 9.17) is 6.42 Å². The molecule has 0 amide bonds. The fourth-order valence-electron chi connectivity index (χ4n) is 4.44. The number of nitrogens with zero attached hydrogens (tertiary/aromatic N) is 1. The predicted molar refractivity (Wildman–Crippen MR) is 162 cm³/mol. The van der Waals surface area contributed by atoms with Crippen molar-refractivity contribution in [2.45, 2.75) is 39.5 Å². The van der Waals surface area contributed by atoms with Crippen molar-refractivity contribution < 1.29 is 0 Å². The predicted octanol–water partition coefficient (Wildman–Crippen LogP) is 9.83. The van der Waals surface area contributed by atoms with Gasteiger partial charge in [0.1, 0.15) is 0 Å². The third-order valence-electron chi connectivity index (χ3n) is 6.30. The van der Waals surface area contributed by atoms with E-state index in [-0.39, 0.29) is 5.92 Å². The van der Waals surface area contributed by atoms with E-state index in [0.29, 0.717) is 0 Å². The average Bonchev–Trinajstić information content (AvgIpc) is 2.93. The molecule has 1 heteroatoms. The first-order chi connectivity index (χ1) is 18.1. The highest BCUT2D eigenvalue weighted by Crippen LogP contribution is 2.34. The van der Waals surface area contributed by atoms with Gasteiger partial charge in [-0.05, 0) is 79.8 Å². The van der Waals surface area contributed by atoms with Crippen molar-refractivity contribution in [1.82, 2.24) is 0 Å². The molecule has 0 bridgehead atoms. The molecule has 186 valence electrons. The molecular weight excluding hydrogens is 446 g/mol. The monoisotopic (exact) mass is 483 g/mol. The molecule has 3 aromatic carbocycles. The minimum Gasteiger partial charge on any atom is -0.314 e. The molecule has 1 unspecified atom stereocenters. The molecule has 0 aromatic heterocycles. The quantitative estimate of drug-likeness (QED) is 0.194. The van der Waals surface area contributed by atoms with Crippen LogP contribution >= 0.6 is 0 Å². The second kappa shape index (κ2) is 14.3. The number of terminal acetylenes is 1. The van der Waals surface area contributed by atoms with Crippen LogP contribution in [0, 0.1) is 19.3 Å². The number of aryl methyl sites for hydroxylation is 1. The molecule has 0 aliphatic heterocycles. The van der Waals surface area contributed by atoms with Crippen LogP contribution in [0.1, 0.15) is 49.3 Å².